The summed E-state index contributed by atoms with van der Waals surface area (Å²) >= 11 is 1.78. The lowest BCUT2D eigenvalue weighted by Crippen LogP contribution is -2.41. The van der Waals surface area contributed by atoms with Crippen LogP contribution < -0.4 is 16.0 Å². The van der Waals surface area contributed by atoms with Crippen molar-refractivity contribution < 1.29 is 4.79 Å². The predicted molar refractivity (Wildman–Crippen MR) is 101 cm³/mol. The molecule has 0 aliphatic heterocycles. The first-order valence-corrected chi connectivity index (χ1v) is 9.83. The Hall–Kier alpha value is -1.56. The Bertz CT molecular complexity index is 535. The molecule has 0 radical (unpaired) electrons. The molecule has 1 aliphatic rings. The van der Waals surface area contributed by atoms with Gasteiger partial charge in [0.15, 0.2) is 5.96 Å². The van der Waals surface area contributed by atoms with E-state index >= 15 is 0 Å². The summed E-state index contributed by atoms with van der Waals surface area (Å²) < 4.78 is 0. The Morgan fingerprint density at radius 2 is 1.96 bits per heavy atom. The topological polar surface area (TPSA) is 65.5 Å². The zero-order valence-corrected chi connectivity index (χ0v) is 15.7. The lowest BCUT2D eigenvalue weighted by molar-refractivity contribution is -0.121. The number of hydrogen-bond acceptors (Lipinski definition) is 3. The number of carbonyl (C=O) groups excluding carboxylic acids is 1. The fourth-order valence-electron chi connectivity index (χ4n) is 3.00. The molecule has 1 saturated carbocycles. The quantitative estimate of drug-likeness (QED) is 0.384. The number of carbonyl (C=O) groups is 1. The third-order valence-electron chi connectivity index (χ3n) is 4.22. The normalized spacial score (nSPS) is 15.5. The number of nitrogens with zero attached hydrogens (tertiary/aromatic N) is 1. The van der Waals surface area contributed by atoms with Crippen molar-refractivity contribution >= 4 is 23.2 Å². The van der Waals surface area contributed by atoms with E-state index in [9.17, 15) is 4.79 Å². The van der Waals surface area contributed by atoms with Crippen LogP contribution in [-0.4, -0.2) is 31.5 Å². The van der Waals surface area contributed by atoms with Crippen LogP contribution in [0.25, 0.3) is 0 Å². The summed E-state index contributed by atoms with van der Waals surface area (Å²) in [6.45, 7) is 6.98. The van der Waals surface area contributed by atoms with E-state index < -0.39 is 0 Å². The molecule has 5 nitrogen and oxygen atoms in total. The summed E-state index contributed by atoms with van der Waals surface area (Å²) in [5, 5.41) is 9.51. The average molecular weight is 351 g/mol. The fourth-order valence-corrected chi connectivity index (χ4v) is 3.82. The maximum absolute atomic E-state index is 11.9. The highest BCUT2D eigenvalue weighted by atomic mass is 32.1. The van der Waals surface area contributed by atoms with Gasteiger partial charge in [0.05, 0.1) is 6.54 Å². The molecular weight excluding hydrogens is 320 g/mol. The summed E-state index contributed by atoms with van der Waals surface area (Å²) in [5.74, 6) is 1.58. The van der Waals surface area contributed by atoms with Crippen molar-refractivity contribution in [1.29, 1.82) is 0 Å². The number of aryl methyl sites for hydroxylation is 1. The highest BCUT2D eigenvalue weighted by Crippen LogP contribution is 2.27. The van der Waals surface area contributed by atoms with Gasteiger partial charge in [-0.25, -0.2) is 4.99 Å². The second kappa shape index (κ2) is 10.3. The van der Waals surface area contributed by atoms with Gasteiger partial charge in [0, 0.05) is 35.8 Å². The second-order valence-electron chi connectivity index (χ2n) is 6.34. The van der Waals surface area contributed by atoms with E-state index in [-0.39, 0.29) is 5.91 Å². The molecule has 0 unspecified atom stereocenters. The van der Waals surface area contributed by atoms with Gasteiger partial charge in [-0.2, -0.15) is 0 Å². The molecule has 0 atom stereocenters. The molecule has 24 heavy (non-hydrogen) atoms. The lowest BCUT2D eigenvalue weighted by Gasteiger charge is -2.12. The minimum absolute atomic E-state index is 0.180. The van der Waals surface area contributed by atoms with E-state index in [0.717, 1.165) is 12.5 Å². The third kappa shape index (κ3) is 6.91. The van der Waals surface area contributed by atoms with Crippen molar-refractivity contribution in [3.8, 4) is 0 Å². The molecule has 1 heterocycles. The minimum Gasteiger partial charge on any atom is -0.357 e. The summed E-state index contributed by atoms with van der Waals surface area (Å²) in [4.78, 5) is 19.1. The zero-order chi connectivity index (χ0) is 17.2. The van der Waals surface area contributed by atoms with Gasteiger partial charge in [-0.1, -0.05) is 12.8 Å². The minimum atomic E-state index is 0.180. The lowest BCUT2D eigenvalue weighted by atomic mass is 10.0. The van der Waals surface area contributed by atoms with Gasteiger partial charge in [0.1, 0.15) is 0 Å². The highest BCUT2D eigenvalue weighted by Gasteiger charge is 2.17. The van der Waals surface area contributed by atoms with Crippen molar-refractivity contribution in [2.24, 2.45) is 10.9 Å². The molecule has 0 bridgehead atoms. The van der Waals surface area contributed by atoms with Crippen LogP contribution in [0.2, 0.25) is 0 Å². The van der Waals surface area contributed by atoms with E-state index in [4.69, 9.17) is 0 Å². The van der Waals surface area contributed by atoms with Gasteiger partial charge in [0.25, 0.3) is 0 Å². The van der Waals surface area contributed by atoms with Crippen LogP contribution in [0, 0.1) is 12.8 Å². The molecule has 1 amide bonds. The van der Waals surface area contributed by atoms with E-state index in [1.165, 1.54) is 35.4 Å². The molecule has 1 aromatic rings. The van der Waals surface area contributed by atoms with Crippen molar-refractivity contribution in [1.82, 2.24) is 16.0 Å². The Morgan fingerprint density at radius 1 is 1.21 bits per heavy atom. The number of guanidine groups is 1. The van der Waals surface area contributed by atoms with E-state index in [1.54, 1.807) is 11.3 Å². The maximum Gasteiger partial charge on any atom is 0.220 e. The van der Waals surface area contributed by atoms with Crippen molar-refractivity contribution in [3.05, 3.63) is 21.9 Å². The van der Waals surface area contributed by atoms with Crippen LogP contribution in [-0.2, 0) is 11.3 Å². The van der Waals surface area contributed by atoms with Gasteiger partial charge in [-0.05, 0) is 44.7 Å². The number of rotatable bonds is 8. The van der Waals surface area contributed by atoms with Crippen LogP contribution in [0.3, 0.4) is 0 Å². The molecule has 2 rings (SSSR count). The first kappa shape index (κ1) is 18.8. The van der Waals surface area contributed by atoms with Crippen molar-refractivity contribution in [3.63, 3.8) is 0 Å². The van der Waals surface area contributed by atoms with Gasteiger partial charge >= 0.3 is 0 Å². The standard InChI is InChI=1S/C18H30N4OS/c1-3-19-18(22-13-16-9-8-14(2)24-16)21-11-10-20-17(23)12-15-6-4-5-7-15/h8-9,15H,3-7,10-13H2,1-2H3,(H,20,23)(H2,19,21,22). The van der Waals surface area contributed by atoms with E-state index in [0.29, 0.717) is 32.0 Å². The molecule has 1 aliphatic carbocycles. The van der Waals surface area contributed by atoms with Gasteiger partial charge in [-0.3, -0.25) is 4.79 Å². The number of thiophene rings is 1. The smallest absolute Gasteiger partial charge is 0.220 e. The Kier molecular flexibility index (Phi) is 8.08. The Labute approximate surface area is 149 Å². The fraction of sp³-hybridized carbons (Fsp3) is 0.667. The number of amides is 1. The van der Waals surface area contributed by atoms with E-state index in [2.05, 4.69) is 46.9 Å². The summed E-state index contributed by atoms with van der Waals surface area (Å²) in [5.41, 5.74) is 0. The number of nitrogens with one attached hydrogen (secondary N) is 3. The summed E-state index contributed by atoms with van der Waals surface area (Å²) in [6.07, 6.45) is 5.68. The molecule has 0 aromatic carbocycles. The van der Waals surface area contributed by atoms with Gasteiger partial charge in [0.2, 0.25) is 5.91 Å². The monoisotopic (exact) mass is 350 g/mol. The molecule has 0 saturated heterocycles. The molecule has 1 aromatic heterocycles. The average Bonchev–Trinajstić information content (AvgIpc) is 3.20. The molecular formula is C18H30N4OS. The maximum atomic E-state index is 11.9. The number of aliphatic imine (C=N–C) groups is 1. The number of hydrogen-bond donors (Lipinski definition) is 3. The van der Waals surface area contributed by atoms with Crippen LogP contribution in [0.1, 0.15) is 48.8 Å². The van der Waals surface area contributed by atoms with Crippen LogP contribution in [0.15, 0.2) is 17.1 Å². The SMILES string of the molecule is CCNC(=NCc1ccc(C)s1)NCCNC(=O)CC1CCCC1. The van der Waals surface area contributed by atoms with E-state index in [1.807, 2.05) is 0 Å². The predicted octanol–water partition coefficient (Wildman–Crippen LogP) is 2.81. The van der Waals surface area contributed by atoms with Gasteiger partial charge in [-0.15, -0.1) is 11.3 Å². The summed E-state index contributed by atoms with van der Waals surface area (Å²) in [6, 6.07) is 4.24. The summed E-state index contributed by atoms with van der Waals surface area (Å²) in [7, 11) is 0. The largest absolute Gasteiger partial charge is 0.357 e. The third-order valence-corrected chi connectivity index (χ3v) is 5.21. The second-order valence-corrected chi connectivity index (χ2v) is 7.71. The molecule has 1 fully saturated rings. The molecule has 3 N–H and O–H groups in total. The first-order chi connectivity index (χ1) is 11.7. The molecule has 0 spiro atoms. The van der Waals surface area contributed by atoms with Crippen LogP contribution >= 0.6 is 11.3 Å². The zero-order valence-electron chi connectivity index (χ0n) is 14.9. The first-order valence-electron chi connectivity index (χ1n) is 9.01. The van der Waals surface area contributed by atoms with Crippen LogP contribution in [0.5, 0.6) is 0 Å². The molecule has 134 valence electrons. The highest BCUT2D eigenvalue weighted by molar-refractivity contribution is 7.11. The Morgan fingerprint density at radius 3 is 2.62 bits per heavy atom. The van der Waals surface area contributed by atoms with Crippen molar-refractivity contribution in [2.75, 3.05) is 19.6 Å². The van der Waals surface area contributed by atoms with Crippen molar-refractivity contribution in [2.45, 2.75) is 52.5 Å². The van der Waals surface area contributed by atoms with Gasteiger partial charge < -0.3 is 16.0 Å². The Balaban J connectivity index is 1.65. The molecule has 6 heteroatoms. The van der Waals surface area contributed by atoms with Crippen LogP contribution in [0.4, 0.5) is 0 Å².